The molecule has 1 aromatic rings. The molecule has 1 heterocycles. The number of hydrogen-bond donors (Lipinski definition) is 1. The molecule has 1 aromatic carbocycles. The number of likely N-dealkylation sites (tertiary alicyclic amines) is 1. The van der Waals surface area contributed by atoms with Crippen LogP contribution in [0.2, 0.25) is 5.02 Å². The van der Waals surface area contributed by atoms with E-state index >= 15 is 0 Å². The van der Waals surface area contributed by atoms with Crippen molar-refractivity contribution in [1.82, 2.24) is 10.2 Å². The van der Waals surface area contributed by atoms with Crippen molar-refractivity contribution < 1.29 is 14.4 Å². The van der Waals surface area contributed by atoms with Crippen molar-refractivity contribution in [2.45, 2.75) is 19.3 Å². The van der Waals surface area contributed by atoms with Gasteiger partial charge >= 0.3 is 0 Å². The molecular formula is C17H18ClN3O3. The monoisotopic (exact) mass is 347 g/mol. The average molecular weight is 348 g/mol. The summed E-state index contributed by atoms with van der Waals surface area (Å²) in [7, 11) is 0. The molecule has 1 aliphatic rings. The van der Waals surface area contributed by atoms with Gasteiger partial charge in [-0.25, -0.2) is 0 Å². The number of Topliss-reactive ketones (excluding diaryl/α,β-unsaturated/α-hetero) is 1. The molecule has 6 nitrogen and oxygen atoms in total. The maximum Gasteiger partial charge on any atom is 0.251 e. The summed E-state index contributed by atoms with van der Waals surface area (Å²) in [5.74, 6) is -2.51. The first-order chi connectivity index (χ1) is 11.5. The van der Waals surface area contributed by atoms with Crippen LogP contribution in [-0.2, 0) is 9.59 Å². The fourth-order valence-corrected chi connectivity index (χ4v) is 2.66. The van der Waals surface area contributed by atoms with E-state index in [1.54, 1.807) is 35.2 Å². The third-order valence-electron chi connectivity index (χ3n) is 3.88. The SMILES string of the molecule is N#CC(C(=O)CCNC(=O)c1ccc(Cl)cc1)C(=O)N1CCCC1. The minimum absolute atomic E-state index is 0.0584. The lowest BCUT2D eigenvalue weighted by Gasteiger charge is -2.18. The number of ketones is 1. The van der Waals surface area contributed by atoms with Crippen LogP contribution in [-0.4, -0.2) is 42.1 Å². The van der Waals surface area contributed by atoms with Gasteiger partial charge in [0.1, 0.15) is 0 Å². The normalized spacial score (nSPS) is 14.8. The van der Waals surface area contributed by atoms with Crippen LogP contribution >= 0.6 is 11.6 Å². The summed E-state index contributed by atoms with van der Waals surface area (Å²) >= 11 is 5.75. The van der Waals surface area contributed by atoms with E-state index in [-0.39, 0.29) is 18.9 Å². The van der Waals surface area contributed by atoms with Crippen molar-refractivity contribution >= 4 is 29.2 Å². The zero-order chi connectivity index (χ0) is 17.5. The number of nitriles is 1. The Kier molecular flexibility index (Phi) is 6.33. The zero-order valence-electron chi connectivity index (χ0n) is 13.1. The summed E-state index contributed by atoms with van der Waals surface area (Å²) < 4.78 is 0. The molecule has 2 rings (SSSR count). The van der Waals surface area contributed by atoms with Crippen molar-refractivity contribution in [3.8, 4) is 6.07 Å². The molecule has 1 saturated heterocycles. The Morgan fingerprint density at radius 2 is 1.83 bits per heavy atom. The number of carbonyl (C=O) groups is 3. The molecule has 0 radical (unpaired) electrons. The van der Waals surface area contributed by atoms with Gasteiger partial charge < -0.3 is 10.2 Å². The second-order valence-corrected chi connectivity index (χ2v) is 6.01. The van der Waals surface area contributed by atoms with Crippen molar-refractivity contribution in [3.05, 3.63) is 34.9 Å². The molecule has 2 amide bonds. The molecule has 126 valence electrons. The molecule has 1 aliphatic heterocycles. The molecule has 0 spiro atoms. The largest absolute Gasteiger partial charge is 0.352 e. The lowest BCUT2D eigenvalue weighted by Crippen LogP contribution is -2.38. The molecule has 7 heteroatoms. The third-order valence-corrected chi connectivity index (χ3v) is 4.13. The molecule has 24 heavy (non-hydrogen) atoms. The first-order valence-electron chi connectivity index (χ1n) is 7.78. The smallest absolute Gasteiger partial charge is 0.251 e. The van der Waals surface area contributed by atoms with Gasteiger partial charge in [0.25, 0.3) is 5.91 Å². The summed E-state index contributed by atoms with van der Waals surface area (Å²) in [6, 6.07) is 8.14. The van der Waals surface area contributed by atoms with Crippen molar-refractivity contribution in [3.63, 3.8) is 0 Å². The van der Waals surface area contributed by atoms with E-state index in [1.807, 2.05) is 0 Å². The highest BCUT2D eigenvalue weighted by Gasteiger charge is 2.31. The predicted octanol–water partition coefficient (Wildman–Crippen LogP) is 1.79. The van der Waals surface area contributed by atoms with Gasteiger partial charge in [0.05, 0.1) is 6.07 Å². The molecule has 1 atom stereocenters. The van der Waals surface area contributed by atoms with Gasteiger partial charge in [0.2, 0.25) is 5.91 Å². The second kappa shape index (κ2) is 8.46. The Bertz CT molecular complexity index is 661. The van der Waals surface area contributed by atoms with E-state index in [0.29, 0.717) is 23.7 Å². The fraction of sp³-hybridized carbons (Fsp3) is 0.412. The summed E-state index contributed by atoms with van der Waals surface area (Å²) in [5.41, 5.74) is 0.428. The van der Waals surface area contributed by atoms with Crippen molar-refractivity contribution in [1.29, 1.82) is 5.26 Å². The standard InChI is InChI=1S/C17H18ClN3O3/c18-13-5-3-12(4-6-13)16(23)20-8-7-15(22)14(11-19)17(24)21-9-1-2-10-21/h3-6,14H,1-2,7-10H2,(H,20,23). The lowest BCUT2D eigenvalue weighted by atomic mass is 10.0. The lowest BCUT2D eigenvalue weighted by molar-refractivity contribution is -0.138. The highest BCUT2D eigenvalue weighted by atomic mass is 35.5. The zero-order valence-corrected chi connectivity index (χ0v) is 13.9. The van der Waals surface area contributed by atoms with E-state index in [4.69, 9.17) is 16.9 Å². The molecule has 1 unspecified atom stereocenters. The number of rotatable bonds is 6. The molecular weight excluding hydrogens is 330 g/mol. The number of nitrogens with zero attached hydrogens (tertiary/aromatic N) is 2. The quantitative estimate of drug-likeness (QED) is 0.794. The van der Waals surface area contributed by atoms with Gasteiger partial charge in [-0.05, 0) is 37.1 Å². The van der Waals surface area contributed by atoms with Crippen molar-refractivity contribution in [2.75, 3.05) is 19.6 Å². The van der Waals surface area contributed by atoms with Gasteiger partial charge in [-0.2, -0.15) is 5.26 Å². The van der Waals surface area contributed by atoms with Gasteiger partial charge in [-0.1, -0.05) is 11.6 Å². The fourth-order valence-electron chi connectivity index (χ4n) is 2.53. The second-order valence-electron chi connectivity index (χ2n) is 5.57. The predicted molar refractivity (Wildman–Crippen MR) is 88.3 cm³/mol. The van der Waals surface area contributed by atoms with Crippen molar-refractivity contribution in [2.24, 2.45) is 5.92 Å². The third kappa shape index (κ3) is 4.56. The van der Waals surface area contributed by atoms with E-state index in [0.717, 1.165) is 12.8 Å². The molecule has 1 fully saturated rings. The molecule has 0 aliphatic carbocycles. The molecule has 1 N–H and O–H groups in total. The highest BCUT2D eigenvalue weighted by Crippen LogP contribution is 2.13. The maximum absolute atomic E-state index is 12.2. The number of halogens is 1. The van der Waals surface area contributed by atoms with Crippen LogP contribution in [0.4, 0.5) is 0 Å². The van der Waals surface area contributed by atoms with E-state index < -0.39 is 17.6 Å². The van der Waals surface area contributed by atoms with Gasteiger partial charge in [-0.3, -0.25) is 14.4 Å². The minimum Gasteiger partial charge on any atom is -0.352 e. The van der Waals surface area contributed by atoms with E-state index in [2.05, 4.69) is 5.32 Å². The number of carbonyl (C=O) groups excluding carboxylic acids is 3. The summed E-state index contributed by atoms with van der Waals surface area (Å²) in [6.07, 6.45) is 1.74. The first-order valence-corrected chi connectivity index (χ1v) is 8.15. The van der Waals surface area contributed by atoms with Crippen LogP contribution < -0.4 is 5.32 Å². The first kappa shape index (κ1) is 18.0. The summed E-state index contributed by atoms with van der Waals surface area (Å²) in [5, 5.41) is 12.2. The Labute approximate surface area is 145 Å². The Balaban J connectivity index is 1.83. The van der Waals surface area contributed by atoms with Crippen LogP contribution in [0.5, 0.6) is 0 Å². The van der Waals surface area contributed by atoms with Crippen LogP contribution in [0.15, 0.2) is 24.3 Å². The van der Waals surface area contributed by atoms with Gasteiger partial charge in [0.15, 0.2) is 11.7 Å². The van der Waals surface area contributed by atoms with Crippen LogP contribution in [0.25, 0.3) is 0 Å². The van der Waals surface area contributed by atoms with Gasteiger partial charge in [-0.15, -0.1) is 0 Å². The van der Waals surface area contributed by atoms with E-state index in [9.17, 15) is 14.4 Å². The molecule has 0 aromatic heterocycles. The summed E-state index contributed by atoms with van der Waals surface area (Å²) in [6.45, 7) is 1.26. The molecule has 0 saturated carbocycles. The Morgan fingerprint density at radius 3 is 2.42 bits per heavy atom. The topological polar surface area (TPSA) is 90.3 Å². The van der Waals surface area contributed by atoms with Gasteiger partial charge in [0, 0.05) is 36.6 Å². The number of benzene rings is 1. The van der Waals surface area contributed by atoms with Crippen LogP contribution in [0, 0.1) is 17.2 Å². The summed E-state index contributed by atoms with van der Waals surface area (Å²) in [4.78, 5) is 37.7. The average Bonchev–Trinajstić information content (AvgIpc) is 3.10. The maximum atomic E-state index is 12.2. The van der Waals surface area contributed by atoms with E-state index in [1.165, 1.54) is 0 Å². The Hall–Kier alpha value is -2.39. The number of hydrogen-bond acceptors (Lipinski definition) is 4. The molecule has 0 bridgehead atoms. The Morgan fingerprint density at radius 1 is 1.21 bits per heavy atom. The highest BCUT2D eigenvalue weighted by molar-refractivity contribution is 6.30. The number of amides is 2. The minimum atomic E-state index is -1.28. The van der Waals surface area contributed by atoms with Crippen LogP contribution in [0.3, 0.4) is 0 Å². The number of nitrogens with one attached hydrogen (secondary N) is 1. The van der Waals surface area contributed by atoms with Crippen LogP contribution in [0.1, 0.15) is 29.6 Å².